The lowest BCUT2D eigenvalue weighted by Crippen LogP contribution is -2.20. The van der Waals surface area contributed by atoms with Crippen LogP contribution in [0.25, 0.3) is 5.57 Å². The fourth-order valence-electron chi connectivity index (χ4n) is 4.17. The summed E-state index contributed by atoms with van der Waals surface area (Å²) in [7, 11) is 0. The van der Waals surface area contributed by atoms with E-state index in [1.807, 2.05) is 45.1 Å². The van der Waals surface area contributed by atoms with Gasteiger partial charge in [-0.3, -0.25) is 0 Å². The fourth-order valence-corrected chi connectivity index (χ4v) is 4.17. The van der Waals surface area contributed by atoms with Crippen LogP contribution in [-0.4, -0.2) is 6.61 Å². The first-order chi connectivity index (χ1) is 18.0. The van der Waals surface area contributed by atoms with Crippen molar-refractivity contribution in [2.45, 2.75) is 54.4 Å². The van der Waals surface area contributed by atoms with Crippen molar-refractivity contribution in [2.24, 2.45) is 0 Å². The highest BCUT2D eigenvalue weighted by atomic mass is 16.5. The summed E-state index contributed by atoms with van der Waals surface area (Å²) in [5.41, 5.74) is 8.48. The second kappa shape index (κ2) is 15.4. The molecule has 1 heterocycles. The van der Waals surface area contributed by atoms with Crippen LogP contribution in [0.1, 0.15) is 58.6 Å². The minimum Gasteiger partial charge on any atom is -0.487 e. The number of hydrogen-bond acceptors (Lipinski definition) is 2. The summed E-state index contributed by atoms with van der Waals surface area (Å²) in [5.74, 6) is 0.828. The Morgan fingerprint density at radius 3 is 2.51 bits per heavy atom. The zero-order valence-electron chi connectivity index (χ0n) is 23.6. The first-order valence-electron chi connectivity index (χ1n) is 13.3. The van der Waals surface area contributed by atoms with Crippen LogP contribution in [0.2, 0.25) is 0 Å². The van der Waals surface area contributed by atoms with Crippen molar-refractivity contribution in [1.82, 2.24) is 0 Å². The minimum absolute atomic E-state index is 0.486. The molecule has 0 fully saturated rings. The van der Waals surface area contributed by atoms with Crippen LogP contribution in [0, 0.1) is 6.92 Å². The molecule has 2 aromatic carbocycles. The van der Waals surface area contributed by atoms with E-state index in [1.54, 1.807) is 0 Å². The fraction of sp³-hybridized carbons (Fsp3) is 0.257. The summed E-state index contributed by atoms with van der Waals surface area (Å²) in [4.78, 5) is 2.33. The van der Waals surface area contributed by atoms with Gasteiger partial charge in [0, 0.05) is 23.4 Å². The third kappa shape index (κ3) is 7.85. The Morgan fingerprint density at radius 2 is 1.84 bits per heavy atom. The molecule has 2 heteroatoms. The molecular weight excluding hydrogens is 450 g/mol. The molecule has 1 aliphatic rings. The zero-order valence-corrected chi connectivity index (χ0v) is 23.6. The third-order valence-electron chi connectivity index (χ3n) is 5.80. The average Bonchev–Trinajstić information content (AvgIpc) is 2.99. The standard InChI is InChI=1S/C33H37NO.C2H6/c1-7-9-11-21-31(29(16-8-2)25(3)4)34(28-19-14-17-26(5)24-28)32-22-15-20-30-27(6)18-12-10-13-23-35-33(30)32;1-2/h8-20,22,24H,3,6-7,21,23H2,1-2,4-5H3;1-2H3/b11-9-,13-10-,16-8-,18-12-,31-29+;. The van der Waals surface area contributed by atoms with Gasteiger partial charge in [0.25, 0.3) is 0 Å². The highest BCUT2D eigenvalue weighted by molar-refractivity contribution is 5.85. The van der Waals surface area contributed by atoms with Crippen LogP contribution < -0.4 is 9.64 Å². The maximum absolute atomic E-state index is 6.41. The molecule has 3 rings (SSSR count). The Kier molecular flexibility index (Phi) is 12.2. The van der Waals surface area contributed by atoms with Gasteiger partial charge >= 0.3 is 0 Å². The number of rotatable bonds is 8. The largest absolute Gasteiger partial charge is 0.487 e. The molecule has 1 aliphatic heterocycles. The Labute approximate surface area is 225 Å². The van der Waals surface area contributed by atoms with E-state index in [-0.39, 0.29) is 0 Å². The average molecular weight is 494 g/mol. The van der Waals surface area contributed by atoms with Gasteiger partial charge in [-0.2, -0.15) is 0 Å². The number of nitrogens with zero attached hydrogens (tertiary/aromatic N) is 1. The molecule has 0 bridgehead atoms. The van der Waals surface area contributed by atoms with Crippen LogP contribution in [-0.2, 0) is 0 Å². The molecule has 0 spiro atoms. The maximum Gasteiger partial charge on any atom is 0.151 e. The summed E-state index contributed by atoms with van der Waals surface area (Å²) in [5, 5.41) is 0. The van der Waals surface area contributed by atoms with Crippen molar-refractivity contribution >= 4 is 16.9 Å². The summed E-state index contributed by atoms with van der Waals surface area (Å²) < 4.78 is 6.41. The highest BCUT2D eigenvalue weighted by Crippen LogP contribution is 2.43. The summed E-state index contributed by atoms with van der Waals surface area (Å²) >= 11 is 0. The first kappa shape index (κ1) is 29.5. The van der Waals surface area contributed by atoms with E-state index in [0.717, 1.165) is 57.9 Å². The van der Waals surface area contributed by atoms with E-state index in [9.17, 15) is 0 Å². The summed E-state index contributed by atoms with van der Waals surface area (Å²) in [6, 6.07) is 14.9. The molecule has 0 saturated heterocycles. The molecule has 0 saturated carbocycles. The predicted molar refractivity (Wildman–Crippen MR) is 165 cm³/mol. The summed E-state index contributed by atoms with van der Waals surface area (Å²) in [6.45, 7) is 21.5. The van der Waals surface area contributed by atoms with Crippen LogP contribution in [0.15, 0.2) is 121 Å². The van der Waals surface area contributed by atoms with Crippen LogP contribution in [0.5, 0.6) is 5.75 Å². The molecule has 0 aromatic heterocycles. The molecule has 0 aliphatic carbocycles. The van der Waals surface area contributed by atoms with Crippen molar-refractivity contribution in [3.63, 3.8) is 0 Å². The summed E-state index contributed by atoms with van der Waals surface area (Å²) in [6.07, 6.45) is 18.5. The van der Waals surface area contributed by atoms with Gasteiger partial charge in [-0.15, -0.1) is 0 Å². The van der Waals surface area contributed by atoms with Gasteiger partial charge < -0.3 is 9.64 Å². The second-order valence-corrected chi connectivity index (χ2v) is 8.68. The van der Waals surface area contributed by atoms with E-state index >= 15 is 0 Å². The molecule has 194 valence electrons. The molecule has 2 aromatic rings. The third-order valence-corrected chi connectivity index (χ3v) is 5.80. The second-order valence-electron chi connectivity index (χ2n) is 8.68. The van der Waals surface area contributed by atoms with Crippen LogP contribution in [0.3, 0.4) is 0 Å². The Hall–Kier alpha value is -3.78. The quantitative estimate of drug-likeness (QED) is 0.268. The van der Waals surface area contributed by atoms with Gasteiger partial charge in [0.15, 0.2) is 5.75 Å². The zero-order chi connectivity index (χ0) is 27.2. The number of fused-ring (bicyclic) bond motifs is 1. The maximum atomic E-state index is 6.41. The Morgan fingerprint density at radius 1 is 1.08 bits per heavy atom. The van der Waals surface area contributed by atoms with Crippen molar-refractivity contribution < 1.29 is 4.74 Å². The molecule has 0 unspecified atom stereocenters. The monoisotopic (exact) mass is 493 g/mol. The van der Waals surface area contributed by atoms with Gasteiger partial charge in [0.2, 0.25) is 0 Å². The number of benzene rings is 2. The van der Waals surface area contributed by atoms with Crippen molar-refractivity contribution in [3.8, 4) is 5.75 Å². The van der Waals surface area contributed by atoms with E-state index in [1.165, 1.54) is 5.56 Å². The lowest BCUT2D eigenvalue weighted by atomic mass is 9.99. The van der Waals surface area contributed by atoms with Gasteiger partial charge in [0.05, 0.1) is 5.69 Å². The first-order valence-corrected chi connectivity index (χ1v) is 13.3. The van der Waals surface area contributed by atoms with Crippen molar-refractivity contribution in [2.75, 3.05) is 11.5 Å². The molecule has 37 heavy (non-hydrogen) atoms. The van der Waals surface area contributed by atoms with Crippen LogP contribution >= 0.6 is 0 Å². The van der Waals surface area contributed by atoms with E-state index in [4.69, 9.17) is 4.74 Å². The van der Waals surface area contributed by atoms with E-state index < -0.39 is 0 Å². The Bertz CT molecular complexity index is 1220. The SMILES string of the molecule is C=C(C)C(/C=C\C)=C(\C/C=C\CC)N(c1cccc(C)c1)c1cccc2c1OC/C=C\C=C/C2=C.CC. The number of aryl methyl sites for hydroxylation is 1. The molecular formula is C35H43NO. The smallest absolute Gasteiger partial charge is 0.151 e. The lowest BCUT2D eigenvalue weighted by molar-refractivity contribution is 0.363. The lowest BCUT2D eigenvalue weighted by Gasteiger charge is -2.32. The Balaban J connectivity index is 0.00000235. The number of para-hydroxylation sites is 1. The normalized spacial score (nSPS) is 15.4. The molecule has 0 atom stereocenters. The number of anilines is 2. The number of ether oxygens (including phenoxy) is 1. The molecule has 0 N–H and O–H groups in total. The highest BCUT2D eigenvalue weighted by Gasteiger charge is 2.23. The number of hydrogen-bond donors (Lipinski definition) is 0. The van der Waals surface area contributed by atoms with Gasteiger partial charge in [0.1, 0.15) is 6.61 Å². The van der Waals surface area contributed by atoms with Gasteiger partial charge in [-0.05, 0) is 73.7 Å². The number of allylic oxidation sites excluding steroid dienone is 10. The molecule has 0 radical (unpaired) electrons. The van der Waals surface area contributed by atoms with Crippen molar-refractivity contribution in [1.29, 1.82) is 0 Å². The molecule has 2 nitrogen and oxygen atoms in total. The van der Waals surface area contributed by atoms with E-state index in [0.29, 0.717) is 6.61 Å². The minimum atomic E-state index is 0.486. The predicted octanol–water partition coefficient (Wildman–Crippen LogP) is 10.4. The van der Waals surface area contributed by atoms with Gasteiger partial charge in [-0.1, -0.05) is 101 Å². The topological polar surface area (TPSA) is 12.5 Å². The van der Waals surface area contributed by atoms with Crippen LogP contribution in [0.4, 0.5) is 11.4 Å². The molecule has 0 amide bonds. The van der Waals surface area contributed by atoms with Crippen molar-refractivity contribution in [3.05, 3.63) is 132 Å². The van der Waals surface area contributed by atoms with Gasteiger partial charge in [-0.25, -0.2) is 0 Å². The van der Waals surface area contributed by atoms with E-state index in [2.05, 4.69) is 106 Å².